The Morgan fingerprint density at radius 1 is 1.29 bits per heavy atom. The van der Waals surface area contributed by atoms with Gasteiger partial charge >= 0.3 is 6.09 Å². The summed E-state index contributed by atoms with van der Waals surface area (Å²) in [6.45, 7) is 7.00. The molecule has 3 N–H and O–H groups in total. The number of alkyl carbamates (subject to hydrolysis) is 1. The number of benzene rings is 1. The number of carbonyl (C=O) groups is 1. The highest BCUT2D eigenvalue weighted by atomic mass is 16.6. The second-order valence-electron chi connectivity index (χ2n) is 7.60. The number of hydrogen-bond donors (Lipinski definition) is 3. The van der Waals surface area contributed by atoms with E-state index in [2.05, 4.69) is 10.6 Å². The van der Waals surface area contributed by atoms with Gasteiger partial charge in [-0.15, -0.1) is 0 Å². The van der Waals surface area contributed by atoms with E-state index in [-0.39, 0.29) is 6.04 Å². The summed E-state index contributed by atoms with van der Waals surface area (Å²) < 4.78 is 5.34. The normalized spacial score (nSPS) is 17.2. The Hall–Kier alpha value is -1.59. The number of aliphatic hydroxyl groups is 1. The van der Waals surface area contributed by atoms with E-state index in [1.165, 1.54) is 12.8 Å². The lowest BCUT2D eigenvalue weighted by Gasteiger charge is -2.25. The van der Waals surface area contributed by atoms with Crippen molar-refractivity contribution in [3.63, 3.8) is 0 Å². The molecule has 1 aromatic rings. The van der Waals surface area contributed by atoms with Gasteiger partial charge in [0.05, 0.1) is 12.1 Å². The summed E-state index contributed by atoms with van der Waals surface area (Å²) in [6, 6.07) is 9.41. The van der Waals surface area contributed by atoms with Crippen molar-refractivity contribution in [1.82, 2.24) is 10.6 Å². The van der Waals surface area contributed by atoms with Gasteiger partial charge in [-0.1, -0.05) is 30.3 Å². The summed E-state index contributed by atoms with van der Waals surface area (Å²) in [5, 5.41) is 16.5. The quantitative estimate of drug-likeness (QED) is 0.683. The monoisotopic (exact) mass is 334 g/mol. The van der Waals surface area contributed by atoms with Gasteiger partial charge in [-0.25, -0.2) is 4.79 Å². The third kappa shape index (κ3) is 7.32. The molecule has 1 aliphatic carbocycles. The molecule has 1 unspecified atom stereocenters. The molecule has 0 spiro atoms. The molecule has 5 nitrogen and oxygen atoms in total. The van der Waals surface area contributed by atoms with E-state index < -0.39 is 17.8 Å². The predicted molar refractivity (Wildman–Crippen MR) is 94.8 cm³/mol. The third-order valence-electron chi connectivity index (χ3n) is 3.91. The van der Waals surface area contributed by atoms with Crippen LogP contribution in [0.2, 0.25) is 0 Å². The molecular formula is C19H30N2O3. The minimum Gasteiger partial charge on any atom is -0.444 e. The van der Waals surface area contributed by atoms with Crippen LogP contribution in [0.3, 0.4) is 0 Å². The van der Waals surface area contributed by atoms with Gasteiger partial charge < -0.3 is 20.5 Å². The van der Waals surface area contributed by atoms with Crippen LogP contribution < -0.4 is 10.6 Å². The molecule has 0 bridgehead atoms. The smallest absolute Gasteiger partial charge is 0.408 e. The van der Waals surface area contributed by atoms with E-state index >= 15 is 0 Å². The molecule has 1 aliphatic rings. The van der Waals surface area contributed by atoms with Crippen LogP contribution in [-0.2, 0) is 4.74 Å². The first-order chi connectivity index (χ1) is 11.3. The zero-order valence-electron chi connectivity index (χ0n) is 14.9. The van der Waals surface area contributed by atoms with Crippen LogP contribution >= 0.6 is 0 Å². The van der Waals surface area contributed by atoms with Crippen LogP contribution in [0.25, 0.3) is 0 Å². The van der Waals surface area contributed by atoms with Crippen LogP contribution in [0, 0.1) is 5.92 Å². The first-order valence-corrected chi connectivity index (χ1v) is 8.77. The van der Waals surface area contributed by atoms with Crippen LogP contribution in [0.1, 0.15) is 51.6 Å². The predicted octanol–water partition coefficient (Wildman–Crippen LogP) is 3.00. The Bertz CT molecular complexity index is 509. The molecule has 1 aromatic carbocycles. The molecule has 0 aromatic heterocycles. The van der Waals surface area contributed by atoms with E-state index in [4.69, 9.17) is 4.74 Å². The van der Waals surface area contributed by atoms with Crippen molar-refractivity contribution in [2.45, 2.75) is 57.8 Å². The number of ether oxygens (including phenoxy) is 1. The summed E-state index contributed by atoms with van der Waals surface area (Å²) in [5.74, 6) is 0.780. The largest absolute Gasteiger partial charge is 0.444 e. The first kappa shape index (κ1) is 18.7. The number of nitrogens with one attached hydrogen (secondary N) is 2. The molecular weight excluding hydrogens is 304 g/mol. The van der Waals surface area contributed by atoms with Gasteiger partial charge in [0, 0.05) is 6.54 Å². The molecule has 0 radical (unpaired) electrons. The maximum atomic E-state index is 12.1. The molecule has 2 atom stereocenters. The van der Waals surface area contributed by atoms with Crippen molar-refractivity contribution in [2.24, 2.45) is 5.92 Å². The fourth-order valence-corrected chi connectivity index (χ4v) is 2.54. The zero-order chi connectivity index (χ0) is 17.6. The molecule has 2 rings (SSSR count). The summed E-state index contributed by atoms with van der Waals surface area (Å²) in [7, 11) is 0. The Kier molecular flexibility index (Phi) is 6.63. The zero-order valence-corrected chi connectivity index (χ0v) is 14.9. The van der Waals surface area contributed by atoms with Crippen molar-refractivity contribution in [3.05, 3.63) is 35.9 Å². The van der Waals surface area contributed by atoms with Crippen molar-refractivity contribution in [3.8, 4) is 0 Å². The highest BCUT2D eigenvalue weighted by Gasteiger charge is 2.24. The first-order valence-electron chi connectivity index (χ1n) is 8.77. The van der Waals surface area contributed by atoms with E-state index in [0.717, 1.165) is 18.0 Å². The maximum absolute atomic E-state index is 12.1. The number of amides is 1. The summed E-state index contributed by atoms with van der Waals surface area (Å²) in [5.41, 5.74) is 0.417. The van der Waals surface area contributed by atoms with Crippen LogP contribution in [0.15, 0.2) is 30.3 Å². The summed E-state index contributed by atoms with van der Waals surface area (Å²) >= 11 is 0. The second-order valence-corrected chi connectivity index (χ2v) is 7.60. The van der Waals surface area contributed by atoms with E-state index in [0.29, 0.717) is 13.0 Å². The molecule has 5 heteroatoms. The maximum Gasteiger partial charge on any atom is 0.408 e. The molecule has 1 amide bonds. The number of rotatable bonds is 8. The fraction of sp³-hybridized carbons (Fsp3) is 0.632. The van der Waals surface area contributed by atoms with Crippen molar-refractivity contribution in [1.29, 1.82) is 0 Å². The van der Waals surface area contributed by atoms with E-state index in [1.54, 1.807) is 0 Å². The Morgan fingerprint density at radius 2 is 1.96 bits per heavy atom. The Labute approximate surface area is 144 Å². The van der Waals surface area contributed by atoms with E-state index in [1.807, 2.05) is 51.1 Å². The molecule has 0 aliphatic heterocycles. The van der Waals surface area contributed by atoms with Crippen LogP contribution in [-0.4, -0.2) is 36.0 Å². The van der Waals surface area contributed by atoms with Gasteiger partial charge in [0.15, 0.2) is 0 Å². The van der Waals surface area contributed by atoms with Gasteiger partial charge in [-0.3, -0.25) is 0 Å². The van der Waals surface area contributed by atoms with Gasteiger partial charge in [0.1, 0.15) is 5.60 Å². The standard InChI is InChI=1S/C19H30N2O3/c1-19(2,3)24-18(23)21-17(15-7-5-4-6-8-15)11-16(22)13-20-12-14-9-10-14/h4-8,14,16-17,20,22H,9-13H2,1-3H3,(H,21,23)/t16-,17?/m0/s1. The lowest BCUT2D eigenvalue weighted by Crippen LogP contribution is -2.38. The molecule has 24 heavy (non-hydrogen) atoms. The molecule has 0 saturated heterocycles. The second kappa shape index (κ2) is 8.49. The topological polar surface area (TPSA) is 70.6 Å². The Balaban J connectivity index is 1.90. The number of carbonyl (C=O) groups excluding carboxylic acids is 1. The van der Waals surface area contributed by atoms with Crippen molar-refractivity contribution in [2.75, 3.05) is 13.1 Å². The fourth-order valence-electron chi connectivity index (χ4n) is 2.54. The lowest BCUT2D eigenvalue weighted by molar-refractivity contribution is 0.0482. The minimum absolute atomic E-state index is 0.279. The number of aliphatic hydroxyl groups excluding tert-OH is 1. The SMILES string of the molecule is CC(C)(C)OC(=O)NC(C[C@H](O)CNCC1CC1)c1ccccc1. The third-order valence-corrected chi connectivity index (χ3v) is 3.91. The average Bonchev–Trinajstić information content (AvgIpc) is 3.30. The highest BCUT2D eigenvalue weighted by Crippen LogP contribution is 2.27. The Morgan fingerprint density at radius 3 is 2.54 bits per heavy atom. The van der Waals surface area contributed by atoms with Crippen molar-refractivity contribution < 1.29 is 14.6 Å². The molecule has 0 heterocycles. The van der Waals surface area contributed by atoms with Gasteiger partial charge in [-0.2, -0.15) is 0 Å². The van der Waals surface area contributed by atoms with E-state index in [9.17, 15) is 9.90 Å². The molecule has 1 saturated carbocycles. The molecule has 134 valence electrons. The van der Waals surface area contributed by atoms with Gasteiger partial charge in [-0.05, 0) is 58.1 Å². The van der Waals surface area contributed by atoms with Gasteiger partial charge in [0.2, 0.25) is 0 Å². The van der Waals surface area contributed by atoms with Crippen LogP contribution in [0.4, 0.5) is 4.79 Å². The lowest BCUT2D eigenvalue weighted by atomic mass is 10.0. The molecule has 1 fully saturated rings. The number of hydrogen-bond acceptors (Lipinski definition) is 4. The minimum atomic E-state index is -0.546. The highest BCUT2D eigenvalue weighted by molar-refractivity contribution is 5.68. The average molecular weight is 334 g/mol. The summed E-state index contributed by atoms with van der Waals surface area (Å²) in [6.07, 6.45) is 2.03. The van der Waals surface area contributed by atoms with Crippen LogP contribution in [0.5, 0.6) is 0 Å². The van der Waals surface area contributed by atoms with Crippen molar-refractivity contribution >= 4 is 6.09 Å². The van der Waals surface area contributed by atoms with Gasteiger partial charge in [0.25, 0.3) is 0 Å². The summed E-state index contributed by atoms with van der Waals surface area (Å²) in [4.78, 5) is 12.1.